The summed E-state index contributed by atoms with van der Waals surface area (Å²) in [6, 6.07) is -0.449. The van der Waals surface area contributed by atoms with Crippen molar-refractivity contribution in [1.82, 2.24) is 4.90 Å². The molecule has 96 valence electrons. The summed E-state index contributed by atoms with van der Waals surface area (Å²) in [5, 5.41) is 0. The van der Waals surface area contributed by atoms with Crippen LogP contribution >= 0.6 is 0 Å². The van der Waals surface area contributed by atoms with E-state index < -0.39 is 6.04 Å². The third-order valence-electron chi connectivity index (χ3n) is 3.31. The van der Waals surface area contributed by atoms with Crippen molar-refractivity contribution in [1.29, 1.82) is 0 Å². The lowest BCUT2D eigenvalue weighted by atomic mass is 9.92. The van der Waals surface area contributed by atoms with E-state index in [1.165, 1.54) is 0 Å². The Bertz CT molecular complexity index is 317. The Morgan fingerprint density at radius 3 is 2.71 bits per heavy atom. The first-order valence-electron chi connectivity index (χ1n) is 5.93. The highest BCUT2D eigenvalue weighted by Crippen LogP contribution is 2.22. The van der Waals surface area contributed by atoms with Crippen molar-refractivity contribution in [3.63, 3.8) is 0 Å². The molecule has 0 radical (unpaired) electrons. The average molecular weight is 239 g/mol. The van der Waals surface area contributed by atoms with Gasteiger partial charge in [-0.3, -0.25) is 9.59 Å². The quantitative estimate of drug-likeness (QED) is 0.677. The number of nitrogens with two attached hydrogens (primary N) is 2. The molecule has 1 aliphatic rings. The predicted octanol–water partition coefficient (Wildman–Crippen LogP) is 0.00220. The van der Waals surface area contributed by atoms with E-state index in [4.69, 9.17) is 11.5 Å². The van der Waals surface area contributed by atoms with E-state index in [0.717, 1.165) is 12.8 Å². The highest BCUT2D eigenvalue weighted by Gasteiger charge is 2.33. The first-order chi connectivity index (χ1) is 7.97. The van der Waals surface area contributed by atoms with Gasteiger partial charge in [0.1, 0.15) is 0 Å². The van der Waals surface area contributed by atoms with Crippen LogP contribution < -0.4 is 11.5 Å². The Kier molecular flexibility index (Phi) is 4.69. The second-order valence-corrected chi connectivity index (χ2v) is 4.65. The molecule has 3 unspecified atom stereocenters. The molecule has 4 N–H and O–H groups in total. The van der Waals surface area contributed by atoms with Crippen LogP contribution in [0.3, 0.4) is 0 Å². The number of nitrogens with zero attached hydrogens (tertiary/aromatic N) is 1. The second-order valence-electron chi connectivity index (χ2n) is 4.65. The molecule has 2 amide bonds. The summed E-state index contributed by atoms with van der Waals surface area (Å²) in [6.07, 6.45) is 3.61. The molecular formula is C12H21N3O2. The van der Waals surface area contributed by atoms with Gasteiger partial charge < -0.3 is 16.4 Å². The zero-order chi connectivity index (χ0) is 13.0. The largest absolute Gasteiger partial charge is 0.369 e. The van der Waals surface area contributed by atoms with Crippen LogP contribution in [0.2, 0.25) is 0 Å². The molecule has 0 aromatic carbocycles. The van der Waals surface area contributed by atoms with Crippen molar-refractivity contribution in [2.24, 2.45) is 17.4 Å². The molecule has 0 spiro atoms. The molecule has 17 heavy (non-hydrogen) atoms. The van der Waals surface area contributed by atoms with Crippen molar-refractivity contribution >= 4 is 11.8 Å². The predicted molar refractivity (Wildman–Crippen MR) is 65.9 cm³/mol. The average Bonchev–Trinajstić information content (AvgIpc) is 2.28. The van der Waals surface area contributed by atoms with Gasteiger partial charge in [-0.25, -0.2) is 0 Å². The summed E-state index contributed by atoms with van der Waals surface area (Å²) in [4.78, 5) is 24.9. The summed E-state index contributed by atoms with van der Waals surface area (Å²) >= 11 is 0. The molecular weight excluding hydrogens is 218 g/mol. The molecule has 0 saturated carbocycles. The number of rotatable bonds is 4. The van der Waals surface area contributed by atoms with E-state index in [0.29, 0.717) is 13.0 Å². The minimum atomic E-state index is -0.568. The first kappa shape index (κ1) is 13.7. The standard InChI is InChI=1S/C12H21N3O2/c1-3-4-10(13)12(17)15-7-9(11(14)16)6-5-8(15)2/h3,8-10H,1,4-7,13H2,2H3,(H2,14,16). The third kappa shape index (κ3) is 3.30. The van der Waals surface area contributed by atoms with E-state index in [1.54, 1.807) is 11.0 Å². The van der Waals surface area contributed by atoms with Crippen LogP contribution in [-0.2, 0) is 9.59 Å². The number of likely N-dealkylation sites (tertiary alicyclic amines) is 1. The molecule has 1 rings (SSSR count). The summed E-state index contributed by atoms with van der Waals surface area (Å²) in [7, 11) is 0. The molecule has 0 aliphatic carbocycles. The van der Waals surface area contributed by atoms with Gasteiger partial charge in [0.15, 0.2) is 0 Å². The van der Waals surface area contributed by atoms with Crippen LogP contribution in [0, 0.1) is 5.92 Å². The molecule has 1 fully saturated rings. The van der Waals surface area contributed by atoms with Crippen molar-refractivity contribution in [3.8, 4) is 0 Å². The van der Waals surface area contributed by atoms with Crippen LogP contribution in [0.15, 0.2) is 12.7 Å². The van der Waals surface area contributed by atoms with Crippen molar-refractivity contribution in [2.45, 2.75) is 38.3 Å². The zero-order valence-corrected chi connectivity index (χ0v) is 10.3. The normalized spacial score (nSPS) is 26.4. The van der Waals surface area contributed by atoms with Crippen molar-refractivity contribution < 1.29 is 9.59 Å². The monoisotopic (exact) mass is 239 g/mol. The van der Waals surface area contributed by atoms with Crippen LogP contribution in [0.4, 0.5) is 0 Å². The van der Waals surface area contributed by atoms with E-state index in [9.17, 15) is 9.59 Å². The number of carbonyl (C=O) groups excluding carboxylic acids is 2. The molecule has 0 bridgehead atoms. The van der Waals surface area contributed by atoms with Crippen molar-refractivity contribution in [3.05, 3.63) is 12.7 Å². The maximum absolute atomic E-state index is 12.1. The molecule has 0 aromatic rings. The Balaban J connectivity index is 2.69. The van der Waals surface area contributed by atoms with Gasteiger partial charge in [-0.1, -0.05) is 6.08 Å². The SMILES string of the molecule is C=CCC(N)C(=O)N1CC(C(N)=O)CCC1C. The van der Waals surface area contributed by atoms with Crippen LogP contribution in [0.25, 0.3) is 0 Å². The number of primary amides is 1. The minimum absolute atomic E-state index is 0.119. The maximum atomic E-state index is 12.1. The Morgan fingerprint density at radius 1 is 1.53 bits per heavy atom. The summed E-state index contributed by atoms with van der Waals surface area (Å²) < 4.78 is 0. The number of hydrogen-bond donors (Lipinski definition) is 2. The fourth-order valence-electron chi connectivity index (χ4n) is 2.14. The number of amides is 2. The number of carbonyl (C=O) groups is 2. The minimum Gasteiger partial charge on any atom is -0.369 e. The van der Waals surface area contributed by atoms with Crippen molar-refractivity contribution in [2.75, 3.05) is 6.54 Å². The number of hydrogen-bond acceptors (Lipinski definition) is 3. The molecule has 1 saturated heterocycles. The van der Waals surface area contributed by atoms with E-state index in [1.807, 2.05) is 6.92 Å². The summed E-state index contributed by atoms with van der Waals surface area (Å²) in [6.45, 7) is 5.92. The zero-order valence-electron chi connectivity index (χ0n) is 10.3. The van der Waals surface area contributed by atoms with Gasteiger partial charge in [-0.05, 0) is 26.2 Å². The van der Waals surface area contributed by atoms with Gasteiger partial charge in [0.25, 0.3) is 0 Å². The highest BCUT2D eigenvalue weighted by atomic mass is 16.2. The topological polar surface area (TPSA) is 89.4 Å². The summed E-state index contributed by atoms with van der Waals surface area (Å²) in [5.74, 6) is -0.707. The van der Waals surface area contributed by atoms with Gasteiger partial charge >= 0.3 is 0 Å². The van der Waals surface area contributed by atoms with Gasteiger partial charge in [-0.2, -0.15) is 0 Å². The lowest BCUT2D eigenvalue weighted by Gasteiger charge is -2.38. The fraction of sp³-hybridized carbons (Fsp3) is 0.667. The number of piperidine rings is 1. The van der Waals surface area contributed by atoms with E-state index in [2.05, 4.69) is 6.58 Å². The fourth-order valence-corrected chi connectivity index (χ4v) is 2.14. The second kappa shape index (κ2) is 5.82. The molecule has 1 aliphatic heterocycles. The molecule has 3 atom stereocenters. The third-order valence-corrected chi connectivity index (χ3v) is 3.31. The van der Waals surface area contributed by atoms with Crippen LogP contribution in [-0.4, -0.2) is 35.3 Å². The Morgan fingerprint density at radius 2 is 2.18 bits per heavy atom. The molecule has 5 heteroatoms. The summed E-state index contributed by atoms with van der Waals surface area (Å²) in [5.41, 5.74) is 11.0. The molecule has 1 heterocycles. The van der Waals surface area contributed by atoms with Gasteiger partial charge in [0.2, 0.25) is 11.8 Å². The smallest absolute Gasteiger partial charge is 0.240 e. The van der Waals surface area contributed by atoms with Gasteiger partial charge in [-0.15, -0.1) is 6.58 Å². The lowest BCUT2D eigenvalue weighted by Crippen LogP contribution is -2.53. The van der Waals surface area contributed by atoms with Gasteiger partial charge in [0.05, 0.1) is 12.0 Å². The maximum Gasteiger partial charge on any atom is 0.240 e. The van der Waals surface area contributed by atoms with E-state index >= 15 is 0 Å². The first-order valence-corrected chi connectivity index (χ1v) is 5.93. The molecule has 5 nitrogen and oxygen atoms in total. The lowest BCUT2D eigenvalue weighted by molar-refractivity contribution is -0.138. The van der Waals surface area contributed by atoms with Gasteiger partial charge in [0, 0.05) is 12.6 Å². The van der Waals surface area contributed by atoms with Crippen LogP contribution in [0.5, 0.6) is 0 Å². The Labute approximate surface area is 102 Å². The Hall–Kier alpha value is -1.36. The van der Waals surface area contributed by atoms with Crippen LogP contribution in [0.1, 0.15) is 26.2 Å². The highest BCUT2D eigenvalue weighted by molar-refractivity contribution is 5.83. The molecule has 0 aromatic heterocycles. The van der Waals surface area contributed by atoms with E-state index in [-0.39, 0.29) is 23.8 Å².